The van der Waals surface area contributed by atoms with Gasteiger partial charge in [0.15, 0.2) is 29.1 Å². The molecule has 0 unspecified atom stereocenters. The van der Waals surface area contributed by atoms with Gasteiger partial charge in [0.25, 0.3) is 0 Å². The zero-order valence-corrected chi connectivity index (χ0v) is 36.5. The Labute approximate surface area is 391 Å². The largest absolute Gasteiger partial charge is 0.307 e. The highest BCUT2D eigenvalue weighted by Crippen LogP contribution is 2.43. The number of para-hydroxylation sites is 3. The van der Waals surface area contributed by atoms with E-state index in [1.165, 1.54) is 0 Å². The van der Waals surface area contributed by atoms with Crippen molar-refractivity contribution >= 4 is 43.6 Å². The average Bonchev–Trinajstić information content (AvgIpc) is 3.95. The van der Waals surface area contributed by atoms with E-state index in [9.17, 15) is 0 Å². The Morgan fingerprint density at radius 2 is 0.618 bits per heavy atom. The third-order valence-corrected chi connectivity index (χ3v) is 12.6. The number of fused-ring (bicyclic) bond motifs is 7. The lowest BCUT2D eigenvalue weighted by molar-refractivity contribution is 0.953. The molecule has 0 fully saturated rings. The summed E-state index contributed by atoms with van der Waals surface area (Å²) in [4.78, 5) is 31.1. The Kier molecular flexibility index (Phi) is 9.31. The Balaban J connectivity index is 1.07. The molecule has 0 aliphatic rings. The second kappa shape index (κ2) is 16.2. The summed E-state index contributed by atoms with van der Waals surface area (Å²) in [5.74, 6) is 3.31. The molecule has 0 aliphatic heterocycles. The zero-order chi connectivity index (χ0) is 45.0. The predicted molar refractivity (Wildman–Crippen MR) is 275 cm³/mol. The molecule has 13 rings (SSSR count). The Morgan fingerprint density at radius 1 is 0.250 bits per heavy atom. The van der Waals surface area contributed by atoms with Crippen molar-refractivity contribution in [2.24, 2.45) is 0 Å². The smallest absolute Gasteiger partial charge is 0.238 e. The molecule has 8 nitrogen and oxygen atoms in total. The normalized spacial score (nSPS) is 11.5. The zero-order valence-electron chi connectivity index (χ0n) is 36.5. The maximum atomic E-state index is 5.44. The lowest BCUT2D eigenvalue weighted by atomic mass is 10.0. The van der Waals surface area contributed by atoms with Crippen LogP contribution in [-0.2, 0) is 0 Å². The lowest BCUT2D eigenvalue weighted by Crippen LogP contribution is -2.07. The van der Waals surface area contributed by atoms with Gasteiger partial charge in [0, 0.05) is 54.9 Å². The van der Waals surface area contributed by atoms with Crippen molar-refractivity contribution in [2.75, 3.05) is 0 Å². The number of rotatable bonds is 8. The van der Waals surface area contributed by atoms with E-state index >= 15 is 0 Å². The van der Waals surface area contributed by atoms with Crippen LogP contribution in [0.15, 0.2) is 231 Å². The van der Waals surface area contributed by atoms with Crippen molar-refractivity contribution in [1.29, 1.82) is 0 Å². The van der Waals surface area contributed by atoms with Crippen molar-refractivity contribution in [3.8, 4) is 79.7 Å². The molecule has 0 saturated carbocycles. The minimum absolute atomic E-state index is 0.504. The molecule has 0 aliphatic carbocycles. The van der Waals surface area contributed by atoms with Gasteiger partial charge in [-0.15, -0.1) is 0 Å². The Morgan fingerprint density at radius 3 is 1.15 bits per heavy atom. The van der Waals surface area contributed by atoms with Gasteiger partial charge < -0.3 is 4.57 Å². The summed E-state index contributed by atoms with van der Waals surface area (Å²) < 4.78 is 4.66. The number of aromatic nitrogens is 8. The highest BCUT2D eigenvalue weighted by atomic mass is 15.2. The average molecular weight is 871 g/mol. The highest BCUT2D eigenvalue weighted by Gasteiger charge is 2.25. The molecule has 9 aromatic carbocycles. The van der Waals surface area contributed by atoms with Crippen LogP contribution in [0.5, 0.6) is 0 Å². The number of benzene rings is 9. The minimum atomic E-state index is 0.504. The molecule has 4 heterocycles. The van der Waals surface area contributed by atoms with Crippen LogP contribution in [0.4, 0.5) is 0 Å². The predicted octanol–water partition coefficient (Wildman–Crippen LogP) is 14.3. The first-order valence-corrected chi connectivity index (χ1v) is 22.6. The molecule has 0 atom stereocenters. The maximum absolute atomic E-state index is 5.44. The summed E-state index contributed by atoms with van der Waals surface area (Å²) in [6.45, 7) is 0. The van der Waals surface area contributed by atoms with Crippen molar-refractivity contribution in [1.82, 2.24) is 39.0 Å². The van der Waals surface area contributed by atoms with Gasteiger partial charge in [-0.1, -0.05) is 206 Å². The third kappa shape index (κ3) is 6.62. The summed E-state index contributed by atoms with van der Waals surface area (Å²) in [6.07, 6.45) is 0. The summed E-state index contributed by atoms with van der Waals surface area (Å²) >= 11 is 0. The minimum Gasteiger partial charge on any atom is -0.307 e. The molecule has 68 heavy (non-hydrogen) atoms. The first kappa shape index (κ1) is 39.0. The van der Waals surface area contributed by atoms with Gasteiger partial charge in [-0.2, -0.15) is 9.97 Å². The topological polar surface area (TPSA) is 87.2 Å². The van der Waals surface area contributed by atoms with Crippen LogP contribution in [0.3, 0.4) is 0 Å². The Hall–Kier alpha value is -9.40. The monoisotopic (exact) mass is 870 g/mol. The van der Waals surface area contributed by atoms with Crippen molar-refractivity contribution in [3.05, 3.63) is 231 Å². The molecule has 0 N–H and O–H groups in total. The van der Waals surface area contributed by atoms with Gasteiger partial charge in [0.05, 0.1) is 27.8 Å². The van der Waals surface area contributed by atoms with Gasteiger partial charge >= 0.3 is 0 Å². The standard InChI is InChI=1S/C60H38N8/c1-5-20-39(21-6-1)45-30-13-16-33-50(45)67-51-34-17-14-31-46(51)48-36-37-49-47-32-15-18-35-52(47)68(54(49)53(48)67)60-65-57(42-26-11-4-12-27-42)64-59(66-60)44-29-19-28-43(38-44)58-62-55(40-22-7-2-8-23-40)61-56(63-58)41-24-9-3-10-25-41/h1-38H. The second-order valence-corrected chi connectivity index (χ2v) is 16.7. The van der Waals surface area contributed by atoms with Crippen LogP contribution in [0.1, 0.15) is 0 Å². The van der Waals surface area contributed by atoms with E-state index in [1.54, 1.807) is 0 Å². The third-order valence-electron chi connectivity index (χ3n) is 12.6. The van der Waals surface area contributed by atoms with Gasteiger partial charge in [0.2, 0.25) is 5.95 Å². The van der Waals surface area contributed by atoms with Crippen molar-refractivity contribution in [2.45, 2.75) is 0 Å². The molecular weight excluding hydrogens is 833 g/mol. The SMILES string of the molecule is c1ccc(-c2nc(-c3ccccc3)nc(-c3cccc(-c4nc(-c5ccccc5)nc(-n5c6ccccc6c6ccc7c8ccccc8n(-c8ccccc8-c8ccccc8)c7c65)n4)c3)n2)cc1. The molecule has 0 bridgehead atoms. The van der Waals surface area contributed by atoms with Crippen LogP contribution in [-0.4, -0.2) is 39.0 Å². The van der Waals surface area contributed by atoms with Gasteiger partial charge in [-0.25, -0.2) is 19.9 Å². The molecule has 0 saturated heterocycles. The first-order chi connectivity index (χ1) is 33.7. The van der Waals surface area contributed by atoms with Crippen LogP contribution >= 0.6 is 0 Å². The number of hydrogen-bond acceptors (Lipinski definition) is 6. The van der Waals surface area contributed by atoms with Crippen LogP contribution in [0, 0.1) is 0 Å². The van der Waals surface area contributed by atoms with E-state index < -0.39 is 0 Å². The van der Waals surface area contributed by atoms with E-state index in [1.807, 2.05) is 109 Å². The fraction of sp³-hybridized carbons (Fsp3) is 0. The summed E-state index contributed by atoms with van der Waals surface area (Å²) in [5.41, 5.74) is 11.8. The maximum Gasteiger partial charge on any atom is 0.238 e. The Bertz CT molecular complexity index is 3960. The van der Waals surface area contributed by atoms with E-state index in [-0.39, 0.29) is 0 Å². The molecule has 4 aromatic heterocycles. The van der Waals surface area contributed by atoms with Crippen LogP contribution in [0.25, 0.3) is 123 Å². The fourth-order valence-electron chi connectivity index (χ4n) is 9.53. The lowest BCUT2D eigenvalue weighted by Gasteiger charge is -2.16. The molecule has 13 aromatic rings. The molecule has 8 heteroatoms. The van der Waals surface area contributed by atoms with Crippen LogP contribution in [0.2, 0.25) is 0 Å². The van der Waals surface area contributed by atoms with E-state index in [4.69, 9.17) is 29.9 Å². The number of nitrogens with zero attached hydrogens (tertiary/aromatic N) is 8. The van der Waals surface area contributed by atoms with Gasteiger partial charge in [-0.05, 0) is 29.8 Å². The van der Waals surface area contributed by atoms with Gasteiger partial charge in [-0.3, -0.25) is 4.57 Å². The van der Waals surface area contributed by atoms with E-state index in [0.29, 0.717) is 35.1 Å². The second-order valence-electron chi connectivity index (χ2n) is 16.7. The highest BCUT2D eigenvalue weighted by molar-refractivity contribution is 6.24. The molecular formula is C60H38N8. The molecule has 0 radical (unpaired) electrons. The molecule has 0 spiro atoms. The van der Waals surface area contributed by atoms with Crippen LogP contribution < -0.4 is 0 Å². The summed E-state index contributed by atoms with van der Waals surface area (Å²) in [7, 11) is 0. The quantitative estimate of drug-likeness (QED) is 0.151. The van der Waals surface area contributed by atoms with E-state index in [2.05, 4.69) is 130 Å². The van der Waals surface area contributed by atoms with Gasteiger partial charge in [0.1, 0.15) is 0 Å². The molecule has 318 valence electrons. The number of hydrogen-bond donors (Lipinski definition) is 0. The van der Waals surface area contributed by atoms with E-state index in [0.717, 1.165) is 88.2 Å². The summed E-state index contributed by atoms with van der Waals surface area (Å²) in [6, 6.07) is 79.3. The van der Waals surface area contributed by atoms with Crippen molar-refractivity contribution < 1.29 is 0 Å². The summed E-state index contributed by atoms with van der Waals surface area (Å²) in [5, 5.41) is 4.48. The first-order valence-electron chi connectivity index (χ1n) is 22.6. The molecule has 0 amide bonds. The fourth-order valence-corrected chi connectivity index (χ4v) is 9.53. The van der Waals surface area contributed by atoms with Crippen molar-refractivity contribution in [3.63, 3.8) is 0 Å².